The van der Waals surface area contributed by atoms with E-state index in [1.807, 2.05) is 50.2 Å². The SMILES string of the molecule is C=CC(=O)Nc1ccccc1Nc1nc(Nc2ccc(N3CCN(C)CC3)cc2)ncc1C(=O)Nc1c(C)cccc1C. The van der Waals surface area contributed by atoms with Crippen LogP contribution in [-0.4, -0.2) is 59.9 Å². The largest absolute Gasteiger partial charge is 0.369 e. The number of nitrogens with zero attached hydrogens (tertiary/aromatic N) is 4. The van der Waals surface area contributed by atoms with Crippen molar-refractivity contribution in [1.82, 2.24) is 14.9 Å². The summed E-state index contributed by atoms with van der Waals surface area (Å²) in [6.45, 7) is 11.5. The van der Waals surface area contributed by atoms with Crippen molar-refractivity contribution in [3.05, 3.63) is 102 Å². The summed E-state index contributed by atoms with van der Waals surface area (Å²) in [6.07, 6.45) is 2.69. The smallest absolute Gasteiger partial charge is 0.261 e. The fraction of sp³-hybridized carbons (Fsp3) is 0.212. The topological polar surface area (TPSA) is 115 Å². The lowest BCUT2D eigenvalue weighted by Gasteiger charge is -2.34. The molecule has 0 bridgehead atoms. The molecule has 0 unspecified atom stereocenters. The lowest BCUT2D eigenvalue weighted by molar-refractivity contribution is -0.111. The van der Waals surface area contributed by atoms with Crippen molar-refractivity contribution in [1.29, 1.82) is 0 Å². The van der Waals surface area contributed by atoms with Crippen LogP contribution < -0.4 is 26.2 Å². The van der Waals surface area contributed by atoms with Gasteiger partial charge in [-0.1, -0.05) is 36.9 Å². The minimum absolute atomic E-state index is 0.239. The van der Waals surface area contributed by atoms with Gasteiger partial charge in [-0.15, -0.1) is 0 Å². The molecule has 1 aromatic heterocycles. The van der Waals surface area contributed by atoms with Crippen molar-refractivity contribution in [2.45, 2.75) is 13.8 Å². The van der Waals surface area contributed by atoms with E-state index in [4.69, 9.17) is 0 Å². The lowest BCUT2D eigenvalue weighted by Crippen LogP contribution is -2.44. The monoisotopic (exact) mass is 576 g/mol. The highest BCUT2D eigenvalue weighted by molar-refractivity contribution is 6.09. The van der Waals surface area contributed by atoms with Gasteiger partial charge in [0.15, 0.2) is 0 Å². The third kappa shape index (κ3) is 7.17. The number of carbonyl (C=O) groups excluding carboxylic acids is 2. The van der Waals surface area contributed by atoms with Crippen LogP contribution in [0.15, 0.2) is 85.6 Å². The molecule has 1 aliphatic rings. The first-order chi connectivity index (χ1) is 20.8. The second kappa shape index (κ2) is 13.2. The molecule has 0 atom stereocenters. The van der Waals surface area contributed by atoms with Crippen LogP contribution in [0.2, 0.25) is 0 Å². The molecule has 10 nitrogen and oxygen atoms in total. The molecule has 1 saturated heterocycles. The standard InChI is InChI=1S/C33H36N8O2/c1-5-29(42)36-27-11-6-7-12-28(27)37-31-26(32(43)38-30-22(2)9-8-10-23(30)3)21-34-33(39-31)35-24-13-15-25(16-14-24)41-19-17-40(4)18-20-41/h5-16,21H,1,17-20H2,2-4H3,(H,36,42)(H,38,43)(H2,34,35,37,39). The zero-order chi connectivity index (χ0) is 30.3. The van der Waals surface area contributed by atoms with Gasteiger partial charge in [0, 0.05) is 49.4 Å². The number of hydrogen-bond donors (Lipinski definition) is 4. The average molecular weight is 577 g/mol. The fourth-order valence-electron chi connectivity index (χ4n) is 4.86. The minimum atomic E-state index is -0.365. The van der Waals surface area contributed by atoms with Crippen LogP contribution in [0.25, 0.3) is 0 Å². The van der Waals surface area contributed by atoms with Gasteiger partial charge in [-0.2, -0.15) is 4.98 Å². The van der Waals surface area contributed by atoms with Crippen LogP contribution in [0.3, 0.4) is 0 Å². The molecule has 0 radical (unpaired) electrons. The molecule has 2 amide bonds. The van der Waals surface area contributed by atoms with Gasteiger partial charge in [0.1, 0.15) is 11.4 Å². The Balaban J connectivity index is 1.43. The van der Waals surface area contributed by atoms with E-state index in [1.165, 1.54) is 18.0 Å². The number of aromatic nitrogens is 2. The minimum Gasteiger partial charge on any atom is -0.369 e. The predicted molar refractivity (Wildman–Crippen MR) is 174 cm³/mol. The second-order valence-corrected chi connectivity index (χ2v) is 10.5. The number of benzene rings is 3. The molecule has 0 spiro atoms. The zero-order valence-corrected chi connectivity index (χ0v) is 24.6. The molecule has 5 rings (SSSR count). The number of amides is 2. The van der Waals surface area contributed by atoms with E-state index in [-0.39, 0.29) is 23.2 Å². The Morgan fingerprint density at radius 1 is 0.837 bits per heavy atom. The van der Waals surface area contributed by atoms with Crippen molar-refractivity contribution in [3.63, 3.8) is 0 Å². The fourth-order valence-corrected chi connectivity index (χ4v) is 4.86. The number of para-hydroxylation sites is 3. The summed E-state index contributed by atoms with van der Waals surface area (Å²) in [5, 5.41) is 12.3. The molecule has 2 heterocycles. The number of likely N-dealkylation sites (N-methyl/N-ethyl adjacent to an activating group) is 1. The van der Waals surface area contributed by atoms with Gasteiger partial charge in [0.2, 0.25) is 11.9 Å². The van der Waals surface area contributed by atoms with E-state index in [1.54, 1.807) is 18.2 Å². The van der Waals surface area contributed by atoms with E-state index in [9.17, 15) is 9.59 Å². The Hall–Kier alpha value is -5.22. The van der Waals surface area contributed by atoms with Gasteiger partial charge < -0.3 is 31.1 Å². The number of hydrogen-bond acceptors (Lipinski definition) is 8. The Morgan fingerprint density at radius 2 is 1.51 bits per heavy atom. The van der Waals surface area contributed by atoms with Crippen molar-refractivity contribution in [2.75, 3.05) is 59.4 Å². The van der Waals surface area contributed by atoms with Crippen molar-refractivity contribution in [2.24, 2.45) is 0 Å². The molecule has 3 aromatic carbocycles. The summed E-state index contributed by atoms with van der Waals surface area (Å²) >= 11 is 0. The van der Waals surface area contributed by atoms with Crippen molar-refractivity contribution in [3.8, 4) is 0 Å². The predicted octanol–water partition coefficient (Wildman–Crippen LogP) is 5.71. The maximum Gasteiger partial charge on any atom is 0.261 e. The van der Waals surface area contributed by atoms with E-state index >= 15 is 0 Å². The van der Waals surface area contributed by atoms with Gasteiger partial charge in [0.25, 0.3) is 5.91 Å². The molecule has 4 aromatic rings. The molecule has 4 N–H and O–H groups in total. The Labute approximate surface area is 251 Å². The summed E-state index contributed by atoms with van der Waals surface area (Å²) in [6, 6.07) is 21.1. The van der Waals surface area contributed by atoms with E-state index in [2.05, 4.69) is 66.8 Å². The molecule has 0 aliphatic carbocycles. The van der Waals surface area contributed by atoms with Gasteiger partial charge in [-0.3, -0.25) is 9.59 Å². The quantitative estimate of drug-likeness (QED) is 0.187. The first-order valence-electron chi connectivity index (χ1n) is 14.2. The summed E-state index contributed by atoms with van der Waals surface area (Å²) in [4.78, 5) is 39.5. The van der Waals surface area contributed by atoms with Crippen LogP contribution in [0.1, 0.15) is 21.5 Å². The number of aryl methyl sites for hydroxylation is 2. The molecule has 10 heteroatoms. The molecule has 220 valence electrons. The van der Waals surface area contributed by atoms with Gasteiger partial charge in [0.05, 0.1) is 11.4 Å². The highest BCUT2D eigenvalue weighted by Crippen LogP contribution is 2.29. The number of nitrogens with one attached hydrogen (secondary N) is 4. The third-order valence-electron chi connectivity index (χ3n) is 7.37. The summed E-state index contributed by atoms with van der Waals surface area (Å²) < 4.78 is 0. The molecule has 0 saturated carbocycles. The van der Waals surface area contributed by atoms with Crippen molar-refractivity contribution >= 4 is 52.0 Å². The molecule has 1 fully saturated rings. The summed E-state index contributed by atoms with van der Waals surface area (Å²) in [7, 11) is 2.14. The third-order valence-corrected chi connectivity index (χ3v) is 7.37. The average Bonchev–Trinajstić information content (AvgIpc) is 3.01. The van der Waals surface area contributed by atoms with Crippen LogP contribution in [-0.2, 0) is 4.79 Å². The first kappa shape index (κ1) is 29.3. The Kier molecular flexibility index (Phi) is 8.97. The highest BCUT2D eigenvalue weighted by atomic mass is 16.2. The van der Waals surface area contributed by atoms with Gasteiger partial charge in [-0.05, 0) is 74.5 Å². The van der Waals surface area contributed by atoms with E-state index in [0.717, 1.165) is 48.7 Å². The lowest BCUT2D eigenvalue weighted by atomic mass is 10.1. The number of carbonyl (C=O) groups is 2. The second-order valence-electron chi connectivity index (χ2n) is 10.5. The van der Waals surface area contributed by atoms with E-state index < -0.39 is 0 Å². The molecular weight excluding hydrogens is 540 g/mol. The van der Waals surface area contributed by atoms with E-state index in [0.29, 0.717) is 17.3 Å². The highest BCUT2D eigenvalue weighted by Gasteiger charge is 2.19. The maximum absolute atomic E-state index is 13.6. The zero-order valence-electron chi connectivity index (χ0n) is 24.6. The maximum atomic E-state index is 13.6. The Bertz CT molecular complexity index is 1610. The number of anilines is 7. The van der Waals surface area contributed by atoms with Gasteiger partial charge >= 0.3 is 0 Å². The molecular formula is C33H36N8O2. The van der Waals surface area contributed by atoms with Crippen molar-refractivity contribution < 1.29 is 9.59 Å². The first-order valence-corrected chi connectivity index (χ1v) is 14.2. The summed E-state index contributed by atoms with van der Waals surface area (Å²) in [5.74, 6) is -0.135. The van der Waals surface area contributed by atoms with Crippen LogP contribution in [0.5, 0.6) is 0 Å². The van der Waals surface area contributed by atoms with Gasteiger partial charge in [-0.25, -0.2) is 4.98 Å². The van der Waals surface area contributed by atoms with Crippen LogP contribution >= 0.6 is 0 Å². The number of rotatable bonds is 9. The summed E-state index contributed by atoms with van der Waals surface area (Å²) in [5.41, 5.74) is 5.91. The molecule has 1 aliphatic heterocycles. The number of piperazine rings is 1. The normalized spacial score (nSPS) is 13.2. The Morgan fingerprint density at radius 3 is 2.19 bits per heavy atom. The van der Waals surface area contributed by atoms with Crippen LogP contribution in [0.4, 0.5) is 40.2 Å². The molecule has 43 heavy (non-hydrogen) atoms. The van der Waals surface area contributed by atoms with Crippen LogP contribution in [0, 0.1) is 13.8 Å².